The third-order valence-corrected chi connectivity index (χ3v) is 6.92. The van der Waals surface area contributed by atoms with E-state index < -0.39 is 11.9 Å². The van der Waals surface area contributed by atoms with Crippen molar-refractivity contribution in [3.05, 3.63) is 29.3 Å². The zero-order chi connectivity index (χ0) is 16.7. The zero-order valence-corrected chi connectivity index (χ0v) is 14.7. The fourth-order valence-corrected chi connectivity index (χ4v) is 5.01. The summed E-state index contributed by atoms with van der Waals surface area (Å²) in [4.78, 5) is 24.7. The second-order valence-corrected chi connectivity index (χ2v) is 9.00. The molecule has 0 saturated heterocycles. The first-order valence-corrected chi connectivity index (χ1v) is 10.0. The third kappa shape index (κ3) is 3.69. The lowest BCUT2D eigenvalue weighted by Gasteiger charge is -2.19. The van der Waals surface area contributed by atoms with Gasteiger partial charge in [0.2, 0.25) is 0 Å². The standard InChI is InChI=1S/C20H24O3S/c21-15-5-1-12(9-15)10-18(20(22)23)14-4-8-19(24-16-6-7-16)17(11-14)13-2-3-13/h4,8,11-13,16,18H,1-3,5-7,9-10H2,(H,22,23)/t12-,18+/m0/s1. The number of carboxylic acids is 1. The molecule has 1 aromatic rings. The lowest BCUT2D eigenvalue weighted by molar-refractivity contribution is -0.139. The Morgan fingerprint density at radius 3 is 2.58 bits per heavy atom. The second kappa shape index (κ2) is 6.55. The molecule has 4 heteroatoms. The van der Waals surface area contributed by atoms with Crippen molar-refractivity contribution in [3.63, 3.8) is 0 Å². The van der Waals surface area contributed by atoms with E-state index in [2.05, 4.69) is 12.1 Å². The number of aliphatic carboxylic acids is 1. The van der Waals surface area contributed by atoms with Crippen molar-refractivity contribution in [1.29, 1.82) is 0 Å². The van der Waals surface area contributed by atoms with Gasteiger partial charge in [-0.25, -0.2) is 0 Å². The SMILES string of the molecule is O=C1CC[C@H](C[C@@H](C(=O)O)c2ccc(SC3CC3)c(C3CC3)c2)C1. The van der Waals surface area contributed by atoms with Crippen LogP contribution in [0.2, 0.25) is 0 Å². The monoisotopic (exact) mass is 344 g/mol. The van der Waals surface area contributed by atoms with E-state index in [0.29, 0.717) is 31.0 Å². The van der Waals surface area contributed by atoms with Crippen LogP contribution >= 0.6 is 11.8 Å². The van der Waals surface area contributed by atoms with Crippen LogP contribution in [0.15, 0.2) is 23.1 Å². The van der Waals surface area contributed by atoms with Gasteiger partial charge in [0.25, 0.3) is 0 Å². The minimum atomic E-state index is -0.751. The molecule has 3 saturated carbocycles. The molecule has 3 aliphatic carbocycles. The van der Waals surface area contributed by atoms with E-state index >= 15 is 0 Å². The van der Waals surface area contributed by atoms with Crippen molar-refractivity contribution < 1.29 is 14.7 Å². The van der Waals surface area contributed by atoms with Crippen LogP contribution in [0.4, 0.5) is 0 Å². The molecule has 4 rings (SSSR count). The largest absolute Gasteiger partial charge is 0.481 e. The molecule has 1 N–H and O–H groups in total. The van der Waals surface area contributed by atoms with Gasteiger partial charge in [-0.05, 0) is 67.6 Å². The maximum Gasteiger partial charge on any atom is 0.310 e. The highest BCUT2D eigenvalue weighted by atomic mass is 32.2. The quantitative estimate of drug-likeness (QED) is 0.776. The first kappa shape index (κ1) is 16.2. The molecular weight excluding hydrogens is 320 g/mol. The number of ketones is 1. The van der Waals surface area contributed by atoms with Crippen LogP contribution in [0, 0.1) is 5.92 Å². The van der Waals surface area contributed by atoms with Gasteiger partial charge in [-0.2, -0.15) is 0 Å². The van der Waals surface area contributed by atoms with E-state index in [1.165, 1.54) is 36.1 Å². The van der Waals surface area contributed by atoms with Crippen LogP contribution in [0.5, 0.6) is 0 Å². The second-order valence-electron chi connectivity index (χ2n) is 7.66. The molecule has 24 heavy (non-hydrogen) atoms. The number of Topliss-reactive ketones (excluding diaryl/α,β-unsaturated/α-hetero) is 1. The number of carboxylic acid groups (broad SMARTS) is 1. The van der Waals surface area contributed by atoms with E-state index in [9.17, 15) is 14.7 Å². The summed E-state index contributed by atoms with van der Waals surface area (Å²) >= 11 is 1.97. The Morgan fingerprint density at radius 1 is 1.21 bits per heavy atom. The van der Waals surface area contributed by atoms with Crippen molar-refractivity contribution in [1.82, 2.24) is 0 Å². The van der Waals surface area contributed by atoms with E-state index in [-0.39, 0.29) is 5.92 Å². The zero-order valence-electron chi connectivity index (χ0n) is 13.9. The highest BCUT2D eigenvalue weighted by Crippen LogP contribution is 2.49. The number of carbonyl (C=O) groups excluding carboxylic acids is 1. The summed E-state index contributed by atoms with van der Waals surface area (Å²) in [5, 5.41) is 10.5. The van der Waals surface area contributed by atoms with Gasteiger partial charge in [0.15, 0.2) is 0 Å². The highest BCUT2D eigenvalue weighted by molar-refractivity contribution is 8.00. The summed E-state index contributed by atoms with van der Waals surface area (Å²) in [6, 6.07) is 6.34. The number of rotatable bonds is 7. The minimum absolute atomic E-state index is 0.239. The van der Waals surface area contributed by atoms with Crippen molar-refractivity contribution >= 4 is 23.5 Å². The Balaban J connectivity index is 1.56. The van der Waals surface area contributed by atoms with Gasteiger partial charge in [-0.15, -0.1) is 11.8 Å². The minimum Gasteiger partial charge on any atom is -0.481 e. The Bertz CT molecular complexity index is 661. The number of carbonyl (C=O) groups is 2. The molecule has 0 amide bonds. The number of thioether (sulfide) groups is 1. The van der Waals surface area contributed by atoms with Gasteiger partial charge in [0.05, 0.1) is 5.92 Å². The van der Waals surface area contributed by atoms with E-state index in [1.54, 1.807) is 0 Å². The molecule has 2 atom stereocenters. The topological polar surface area (TPSA) is 54.4 Å². The molecule has 3 nitrogen and oxygen atoms in total. The third-order valence-electron chi connectivity index (χ3n) is 5.49. The molecule has 0 aliphatic heterocycles. The van der Waals surface area contributed by atoms with Crippen molar-refractivity contribution in [3.8, 4) is 0 Å². The molecule has 1 aromatic carbocycles. The van der Waals surface area contributed by atoms with E-state index in [1.807, 2.05) is 17.8 Å². The summed E-state index contributed by atoms with van der Waals surface area (Å²) in [5.41, 5.74) is 2.31. The normalized spacial score (nSPS) is 25.0. The first-order valence-electron chi connectivity index (χ1n) is 9.15. The van der Waals surface area contributed by atoms with Gasteiger partial charge >= 0.3 is 5.97 Å². The van der Waals surface area contributed by atoms with Crippen LogP contribution in [-0.4, -0.2) is 22.1 Å². The molecular formula is C20H24O3S. The van der Waals surface area contributed by atoms with Gasteiger partial charge in [0.1, 0.15) is 5.78 Å². The summed E-state index contributed by atoms with van der Waals surface area (Å²) in [5.74, 6) is -0.0618. The Kier molecular flexibility index (Phi) is 4.42. The van der Waals surface area contributed by atoms with Crippen LogP contribution in [0.3, 0.4) is 0 Å². The molecule has 0 radical (unpaired) electrons. The van der Waals surface area contributed by atoms with Crippen molar-refractivity contribution in [2.45, 2.75) is 73.3 Å². The summed E-state index contributed by atoms with van der Waals surface area (Å²) in [6.07, 6.45) is 7.73. The van der Waals surface area contributed by atoms with Crippen LogP contribution in [-0.2, 0) is 9.59 Å². The smallest absolute Gasteiger partial charge is 0.310 e. The molecule has 0 bridgehead atoms. The van der Waals surface area contributed by atoms with Crippen LogP contribution in [0.1, 0.15) is 74.3 Å². The van der Waals surface area contributed by atoms with Crippen molar-refractivity contribution in [2.24, 2.45) is 5.92 Å². The van der Waals surface area contributed by atoms with Gasteiger partial charge in [0, 0.05) is 23.0 Å². The molecule has 3 aliphatic rings. The van der Waals surface area contributed by atoms with Gasteiger partial charge < -0.3 is 5.11 Å². The fraction of sp³-hybridized carbons (Fsp3) is 0.600. The van der Waals surface area contributed by atoms with Crippen LogP contribution in [0.25, 0.3) is 0 Å². The predicted molar refractivity (Wildman–Crippen MR) is 94.6 cm³/mol. The average Bonchev–Trinajstić information content (AvgIpc) is 3.46. The molecule has 128 valence electrons. The van der Waals surface area contributed by atoms with E-state index in [4.69, 9.17) is 0 Å². The van der Waals surface area contributed by atoms with Crippen LogP contribution < -0.4 is 0 Å². The van der Waals surface area contributed by atoms with Gasteiger partial charge in [-0.3, -0.25) is 9.59 Å². The Labute approximate surface area is 147 Å². The fourth-order valence-electron chi connectivity index (χ4n) is 3.78. The Morgan fingerprint density at radius 2 is 2.00 bits per heavy atom. The highest BCUT2D eigenvalue weighted by Gasteiger charge is 2.33. The molecule has 0 unspecified atom stereocenters. The van der Waals surface area contributed by atoms with Crippen molar-refractivity contribution in [2.75, 3.05) is 0 Å². The molecule has 0 aromatic heterocycles. The summed E-state index contributed by atoms with van der Waals surface area (Å²) < 4.78 is 0. The average molecular weight is 344 g/mol. The lowest BCUT2D eigenvalue weighted by Crippen LogP contribution is -2.15. The van der Waals surface area contributed by atoms with Gasteiger partial charge in [-0.1, -0.05) is 12.1 Å². The summed E-state index contributed by atoms with van der Waals surface area (Å²) in [7, 11) is 0. The lowest BCUT2D eigenvalue weighted by atomic mass is 9.87. The maximum absolute atomic E-state index is 11.8. The maximum atomic E-state index is 11.8. The molecule has 0 spiro atoms. The summed E-state index contributed by atoms with van der Waals surface area (Å²) in [6.45, 7) is 0. The molecule has 3 fully saturated rings. The predicted octanol–water partition coefficient (Wildman–Crippen LogP) is 4.75. The van der Waals surface area contributed by atoms with E-state index in [0.717, 1.165) is 17.2 Å². The number of hydrogen-bond acceptors (Lipinski definition) is 3. The number of benzene rings is 1. The first-order chi connectivity index (χ1) is 11.6. The number of hydrogen-bond donors (Lipinski definition) is 1. The Hall–Kier alpha value is -1.29. The molecule has 0 heterocycles.